The lowest BCUT2D eigenvalue weighted by molar-refractivity contribution is 0.101. The van der Waals surface area contributed by atoms with Crippen molar-refractivity contribution in [3.63, 3.8) is 0 Å². The number of para-hydroxylation sites is 1. The molecule has 1 atom stereocenters. The molecule has 1 aliphatic rings. The fourth-order valence-electron chi connectivity index (χ4n) is 3.25. The molecule has 1 aliphatic heterocycles. The van der Waals surface area contributed by atoms with Gasteiger partial charge in [0.15, 0.2) is 0 Å². The number of pyridine rings is 1. The van der Waals surface area contributed by atoms with Gasteiger partial charge in [-0.15, -0.1) is 0 Å². The molecule has 4 rings (SSSR count). The fourth-order valence-corrected chi connectivity index (χ4v) is 3.45. The predicted molar refractivity (Wildman–Crippen MR) is 106 cm³/mol. The molecule has 0 unspecified atom stereocenters. The van der Waals surface area contributed by atoms with E-state index in [0.29, 0.717) is 22.8 Å². The smallest absolute Gasteiger partial charge is 0.275 e. The second-order valence-electron chi connectivity index (χ2n) is 6.32. The van der Waals surface area contributed by atoms with Crippen LogP contribution in [0.3, 0.4) is 0 Å². The molecule has 0 radical (unpaired) electrons. The lowest BCUT2D eigenvalue weighted by atomic mass is 10.1. The first-order valence-corrected chi connectivity index (χ1v) is 8.98. The number of rotatable bonds is 4. The van der Waals surface area contributed by atoms with Crippen LogP contribution < -0.4 is 15.1 Å². The summed E-state index contributed by atoms with van der Waals surface area (Å²) in [6.45, 7) is 1.95. The molecule has 1 aromatic heterocycles. The van der Waals surface area contributed by atoms with Crippen molar-refractivity contribution in [1.82, 2.24) is 10.3 Å². The van der Waals surface area contributed by atoms with Gasteiger partial charge < -0.3 is 10.6 Å². The van der Waals surface area contributed by atoms with Crippen molar-refractivity contribution in [3.8, 4) is 0 Å². The first-order valence-electron chi connectivity index (χ1n) is 8.64. The van der Waals surface area contributed by atoms with E-state index in [9.17, 15) is 4.79 Å². The van der Waals surface area contributed by atoms with Crippen LogP contribution in [-0.4, -0.2) is 30.0 Å². The number of nitrogens with one attached hydrogen (secondary N) is 2. The molecule has 2 N–H and O–H groups in total. The van der Waals surface area contributed by atoms with Crippen LogP contribution in [0.5, 0.6) is 0 Å². The van der Waals surface area contributed by atoms with Crippen molar-refractivity contribution in [3.05, 3.63) is 66.4 Å². The number of anilines is 2. The zero-order valence-electron chi connectivity index (χ0n) is 14.2. The molecule has 6 heteroatoms. The van der Waals surface area contributed by atoms with Crippen LogP contribution in [0.1, 0.15) is 16.8 Å². The number of carbonyl (C=O) groups excluding carboxylic acids is 1. The Bertz CT molecular complexity index is 926. The van der Waals surface area contributed by atoms with Crippen LogP contribution >= 0.6 is 11.8 Å². The molecule has 3 aromatic rings. The molecule has 0 saturated carbocycles. The SMILES string of the molecule is O=C(c1ccc(N[C@H]2CCNC2)c2cccnc12)N(Cl)c1ccccc1. The van der Waals surface area contributed by atoms with Crippen molar-refractivity contribution >= 4 is 40.0 Å². The average Bonchev–Trinajstić information content (AvgIpc) is 3.21. The van der Waals surface area contributed by atoms with Gasteiger partial charge in [-0.2, -0.15) is 0 Å². The minimum Gasteiger partial charge on any atom is -0.380 e. The summed E-state index contributed by atoms with van der Waals surface area (Å²) >= 11 is 6.30. The maximum absolute atomic E-state index is 12.9. The Morgan fingerprint density at radius 2 is 2.00 bits per heavy atom. The van der Waals surface area contributed by atoms with E-state index in [0.717, 1.165) is 35.0 Å². The summed E-state index contributed by atoms with van der Waals surface area (Å²) in [6, 6.07) is 17.1. The second kappa shape index (κ2) is 7.32. The van der Waals surface area contributed by atoms with Crippen molar-refractivity contribution in [2.24, 2.45) is 0 Å². The molecular formula is C20H19ClN4O. The zero-order chi connectivity index (χ0) is 17.9. The lowest BCUT2D eigenvalue weighted by Crippen LogP contribution is -2.23. The average molecular weight is 367 g/mol. The van der Waals surface area contributed by atoms with Crippen LogP contribution in [0.25, 0.3) is 10.9 Å². The van der Waals surface area contributed by atoms with Crippen LogP contribution in [0.4, 0.5) is 11.4 Å². The van der Waals surface area contributed by atoms with E-state index in [1.807, 2.05) is 36.4 Å². The summed E-state index contributed by atoms with van der Waals surface area (Å²) < 4.78 is 1.14. The third kappa shape index (κ3) is 3.23. The summed E-state index contributed by atoms with van der Waals surface area (Å²) in [7, 11) is 0. The van der Waals surface area contributed by atoms with Crippen LogP contribution in [-0.2, 0) is 0 Å². The molecule has 1 amide bonds. The normalized spacial score (nSPS) is 16.6. The Morgan fingerprint density at radius 3 is 2.77 bits per heavy atom. The highest BCUT2D eigenvalue weighted by Crippen LogP contribution is 2.29. The number of fused-ring (bicyclic) bond motifs is 1. The third-order valence-corrected chi connectivity index (χ3v) is 4.93. The number of halogens is 1. The molecule has 1 fully saturated rings. The highest BCUT2D eigenvalue weighted by atomic mass is 35.5. The molecule has 0 spiro atoms. The second-order valence-corrected chi connectivity index (χ2v) is 6.65. The number of aromatic nitrogens is 1. The molecule has 5 nitrogen and oxygen atoms in total. The molecule has 0 aliphatic carbocycles. The summed E-state index contributed by atoms with van der Waals surface area (Å²) in [5.41, 5.74) is 2.74. The Kier molecular flexibility index (Phi) is 4.73. The van der Waals surface area contributed by atoms with Gasteiger partial charge in [0.05, 0.1) is 16.8 Å². The molecule has 0 bridgehead atoms. The van der Waals surface area contributed by atoms with Gasteiger partial charge >= 0.3 is 0 Å². The van der Waals surface area contributed by atoms with Gasteiger partial charge in [-0.25, -0.2) is 4.42 Å². The molecular weight excluding hydrogens is 348 g/mol. The first-order chi connectivity index (χ1) is 12.7. The van der Waals surface area contributed by atoms with E-state index in [1.54, 1.807) is 24.4 Å². The van der Waals surface area contributed by atoms with Gasteiger partial charge in [-0.3, -0.25) is 9.78 Å². The highest BCUT2D eigenvalue weighted by molar-refractivity contribution is 6.40. The zero-order valence-corrected chi connectivity index (χ0v) is 14.9. The molecule has 2 aromatic carbocycles. The quantitative estimate of drug-likeness (QED) is 0.689. The summed E-state index contributed by atoms with van der Waals surface area (Å²) in [4.78, 5) is 17.4. The minimum atomic E-state index is -0.296. The van der Waals surface area contributed by atoms with Crippen LogP contribution in [0.15, 0.2) is 60.8 Å². The van der Waals surface area contributed by atoms with Crippen molar-refractivity contribution < 1.29 is 4.79 Å². The largest absolute Gasteiger partial charge is 0.380 e. The summed E-state index contributed by atoms with van der Waals surface area (Å²) in [5, 5.41) is 7.82. The van der Waals surface area contributed by atoms with E-state index >= 15 is 0 Å². The van der Waals surface area contributed by atoms with Crippen molar-refractivity contribution in [1.29, 1.82) is 0 Å². The van der Waals surface area contributed by atoms with E-state index in [-0.39, 0.29) is 5.91 Å². The van der Waals surface area contributed by atoms with Gasteiger partial charge in [-0.1, -0.05) is 18.2 Å². The standard InChI is InChI=1S/C20H19ClN4O/c21-25(15-5-2-1-3-6-15)20(26)17-8-9-18(24-14-10-12-22-13-14)16-7-4-11-23-19(16)17/h1-9,11,14,22,24H,10,12-13H2/t14-/m0/s1. The summed E-state index contributed by atoms with van der Waals surface area (Å²) in [5.74, 6) is -0.296. The Labute approximate surface area is 157 Å². The number of benzene rings is 2. The number of hydrogen-bond acceptors (Lipinski definition) is 4. The fraction of sp³-hybridized carbons (Fsp3) is 0.200. The number of carbonyl (C=O) groups is 1. The van der Waals surface area contributed by atoms with Gasteiger partial charge in [0, 0.05) is 41.6 Å². The van der Waals surface area contributed by atoms with E-state index in [2.05, 4.69) is 15.6 Å². The van der Waals surface area contributed by atoms with Crippen molar-refractivity contribution in [2.75, 3.05) is 22.8 Å². The van der Waals surface area contributed by atoms with Crippen molar-refractivity contribution in [2.45, 2.75) is 12.5 Å². The number of hydrogen-bond donors (Lipinski definition) is 2. The first kappa shape index (κ1) is 16.8. The van der Waals surface area contributed by atoms with E-state index in [1.165, 1.54) is 0 Å². The third-order valence-electron chi connectivity index (χ3n) is 4.58. The van der Waals surface area contributed by atoms with E-state index < -0.39 is 0 Å². The number of amides is 1. The van der Waals surface area contributed by atoms with Gasteiger partial charge in [0.1, 0.15) is 0 Å². The molecule has 1 saturated heterocycles. The topological polar surface area (TPSA) is 57.3 Å². The monoisotopic (exact) mass is 366 g/mol. The minimum absolute atomic E-state index is 0.296. The lowest BCUT2D eigenvalue weighted by Gasteiger charge is -2.18. The molecule has 132 valence electrons. The van der Waals surface area contributed by atoms with Gasteiger partial charge in [0.25, 0.3) is 5.91 Å². The molecule has 2 heterocycles. The van der Waals surface area contributed by atoms with Gasteiger partial charge in [-0.05, 0) is 49.4 Å². The van der Waals surface area contributed by atoms with Crippen LogP contribution in [0, 0.1) is 0 Å². The van der Waals surface area contributed by atoms with Gasteiger partial charge in [0.2, 0.25) is 0 Å². The maximum atomic E-state index is 12.9. The number of nitrogens with zero attached hydrogens (tertiary/aromatic N) is 2. The highest BCUT2D eigenvalue weighted by Gasteiger charge is 2.21. The Balaban J connectivity index is 1.71. The van der Waals surface area contributed by atoms with Crippen LogP contribution in [0.2, 0.25) is 0 Å². The summed E-state index contributed by atoms with van der Waals surface area (Å²) in [6.07, 6.45) is 2.77. The predicted octanol–water partition coefficient (Wildman–Crippen LogP) is 3.81. The Morgan fingerprint density at radius 1 is 1.15 bits per heavy atom. The van der Waals surface area contributed by atoms with E-state index in [4.69, 9.17) is 11.8 Å². The molecule has 26 heavy (non-hydrogen) atoms. The maximum Gasteiger partial charge on any atom is 0.275 e. The Hall–Kier alpha value is -2.63.